The van der Waals surface area contributed by atoms with Crippen LogP contribution in [0.1, 0.15) is 46.0 Å². The zero-order valence-corrected chi connectivity index (χ0v) is 13.2. The minimum atomic E-state index is -0.109. The highest BCUT2D eigenvalue weighted by Gasteiger charge is 2.41. The second kappa shape index (κ2) is 7.78. The maximum Gasteiger partial charge on any atom is 0.307 e. The highest BCUT2D eigenvalue weighted by molar-refractivity contribution is 5.70. The number of esters is 2. The Morgan fingerprint density at radius 2 is 1.81 bits per heavy atom. The quantitative estimate of drug-likeness (QED) is 0.673. The Morgan fingerprint density at radius 3 is 2.52 bits per heavy atom. The third-order valence-corrected chi connectivity index (χ3v) is 4.74. The van der Waals surface area contributed by atoms with E-state index in [4.69, 9.17) is 9.47 Å². The zero-order valence-electron chi connectivity index (χ0n) is 13.2. The molecule has 3 atom stereocenters. The summed E-state index contributed by atoms with van der Waals surface area (Å²) in [5.74, 6) is 0.858. The number of hydrogen-bond acceptors (Lipinski definition) is 5. The molecule has 1 heterocycles. The van der Waals surface area contributed by atoms with Crippen LogP contribution in [-0.2, 0) is 19.1 Å². The van der Waals surface area contributed by atoms with E-state index in [1.807, 2.05) is 13.8 Å². The van der Waals surface area contributed by atoms with E-state index in [2.05, 4.69) is 4.90 Å². The molecule has 1 saturated carbocycles. The van der Waals surface area contributed by atoms with Crippen molar-refractivity contribution in [2.45, 2.75) is 52.0 Å². The van der Waals surface area contributed by atoms with E-state index in [0.29, 0.717) is 43.9 Å². The lowest BCUT2D eigenvalue weighted by molar-refractivity contribution is -0.145. The number of fused-ring (bicyclic) bond motifs is 2. The number of rotatable bonds is 7. The maximum atomic E-state index is 11.7. The molecule has 5 heteroatoms. The summed E-state index contributed by atoms with van der Waals surface area (Å²) in [5, 5.41) is 0. The minimum absolute atomic E-state index is 0.0640. The van der Waals surface area contributed by atoms with Gasteiger partial charge in [-0.1, -0.05) is 0 Å². The molecule has 21 heavy (non-hydrogen) atoms. The van der Waals surface area contributed by atoms with Gasteiger partial charge in [-0.15, -0.1) is 0 Å². The van der Waals surface area contributed by atoms with Gasteiger partial charge in [0.1, 0.15) is 0 Å². The molecule has 1 aliphatic heterocycles. The van der Waals surface area contributed by atoms with Crippen molar-refractivity contribution in [3.8, 4) is 0 Å². The van der Waals surface area contributed by atoms with Crippen molar-refractivity contribution in [2.75, 3.05) is 26.3 Å². The SMILES string of the molecule is CCOC(=O)CCN1CC2CC1CCC2CC(=O)OCC. The fourth-order valence-electron chi connectivity index (χ4n) is 3.75. The summed E-state index contributed by atoms with van der Waals surface area (Å²) < 4.78 is 10.1. The third kappa shape index (κ3) is 4.43. The second-order valence-electron chi connectivity index (χ2n) is 6.05. The predicted molar refractivity (Wildman–Crippen MR) is 78.7 cm³/mol. The van der Waals surface area contributed by atoms with E-state index >= 15 is 0 Å². The molecule has 2 bridgehead atoms. The molecule has 0 aromatic carbocycles. The molecule has 5 nitrogen and oxygen atoms in total. The van der Waals surface area contributed by atoms with Crippen molar-refractivity contribution in [3.63, 3.8) is 0 Å². The van der Waals surface area contributed by atoms with Crippen LogP contribution in [0.2, 0.25) is 0 Å². The molecule has 2 aliphatic rings. The fraction of sp³-hybridized carbons (Fsp3) is 0.875. The predicted octanol–water partition coefficient (Wildman–Crippen LogP) is 1.99. The van der Waals surface area contributed by atoms with Gasteiger partial charge >= 0.3 is 11.9 Å². The van der Waals surface area contributed by atoms with Gasteiger partial charge in [0.15, 0.2) is 0 Å². The molecule has 0 aromatic rings. The number of likely N-dealkylation sites (tertiary alicyclic amines) is 1. The highest BCUT2D eigenvalue weighted by Crippen LogP contribution is 2.41. The normalized spacial score (nSPS) is 28.4. The van der Waals surface area contributed by atoms with Gasteiger partial charge in [-0.2, -0.15) is 0 Å². The van der Waals surface area contributed by atoms with Gasteiger partial charge in [-0.25, -0.2) is 0 Å². The molecule has 2 rings (SSSR count). The van der Waals surface area contributed by atoms with Crippen LogP contribution in [0.25, 0.3) is 0 Å². The van der Waals surface area contributed by atoms with E-state index in [1.165, 1.54) is 0 Å². The first-order valence-electron chi connectivity index (χ1n) is 8.19. The smallest absolute Gasteiger partial charge is 0.307 e. The van der Waals surface area contributed by atoms with Crippen molar-refractivity contribution < 1.29 is 19.1 Å². The Labute approximate surface area is 127 Å². The molecule has 0 spiro atoms. The Kier molecular flexibility index (Phi) is 6.03. The Balaban J connectivity index is 1.78. The van der Waals surface area contributed by atoms with Gasteiger partial charge in [0.05, 0.1) is 19.6 Å². The van der Waals surface area contributed by atoms with Gasteiger partial charge in [0, 0.05) is 25.6 Å². The molecule has 0 aromatic heterocycles. The molecule has 0 N–H and O–H groups in total. The molecule has 1 aliphatic carbocycles. The van der Waals surface area contributed by atoms with Gasteiger partial charge in [-0.3, -0.25) is 14.5 Å². The highest BCUT2D eigenvalue weighted by atomic mass is 16.5. The van der Waals surface area contributed by atoms with E-state index in [9.17, 15) is 9.59 Å². The van der Waals surface area contributed by atoms with E-state index < -0.39 is 0 Å². The summed E-state index contributed by atoms with van der Waals surface area (Å²) in [4.78, 5) is 25.5. The van der Waals surface area contributed by atoms with Crippen LogP contribution in [0.5, 0.6) is 0 Å². The Bertz CT molecular complexity index is 371. The van der Waals surface area contributed by atoms with Crippen LogP contribution in [0.4, 0.5) is 0 Å². The monoisotopic (exact) mass is 297 g/mol. The summed E-state index contributed by atoms with van der Waals surface area (Å²) >= 11 is 0. The molecule has 3 unspecified atom stereocenters. The van der Waals surface area contributed by atoms with Crippen molar-refractivity contribution in [1.82, 2.24) is 4.90 Å². The van der Waals surface area contributed by atoms with Crippen LogP contribution in [-0.4, -0.2) is 49.2 Å². The number of ether oxygens (including phenoxy) is 2. The first kappa shape index (κ1) is 16.3. The molecular weight excluding hydrogens is 270 g/mol. The van der Waals surface area contributed by atoms with Crippen LogP contribution < -0.4 is 0 Å². The second-order valence-corrected chi connectivity index (χ2v) is 6.05. The van der Waals surface area contributed by atoms with Crippen LogP contribution >= 0.6 is 0 Å². The first-order valence-corrected chi connectivity index (χ1v) is 8.19. The van der Waals surface area contributed by atoms with Crippen molar-refractivity contribution >= 4 is 11.9 Å². The number of carbonyl (C=O) groups excluding carboxylic acids is 2. The Morgan fingerprint density at radius 1 is 1.10 bits per heavy atom. The molecule has 0 radical (unpaired) electrons. The topological polar surface area (TPSA) is 55.8 Å². The summed E-state index contributed by atoms with van der Waals surface area (Å²) in [5.41, 5.74) is 0. The van der Waals surface area contributed by atoms with Gasteiger partial charge in [-0.05, 0) is 44.9 Å². The summed E-state index contributed by atoms with van der Waals surface area (Å²) in [6, 6.07) is 0.586. The molecular formula is C16H27NO4. The maximum absolute atomic E-state index is 11.7. The zero-order chi connectivity index (χ0) is 15.2. The van der Waals surface area contributed by atoms with Crippen LogP contribution in [0.3, 0.4) is 0 Å². The number of nitrogens with zero attached hydrogens (tertiary/aromatic N) is 1. The largest absolute Gasteiger partial charge is 0.466 e. The summed E-state index contributed by atoms with van der Waals surface area (Å²) in [6.45, 7) is 6.39. The standard InChI is InChI=1S/C16H27NO4/c1-3-20-15(18)7-8-17-11-13-9-14(17)6-5-12(13)10-16(19)21-4-2/h12-14H,3-11H2,1-2H3. The first-order chi connectivity index (χ1) is 10.1. The lowest BCUT2D eigenvalue weighted by Gasteiger charge is -2.28. The van der Waals surface area contributed by atoms with E-state index in [1.54, 1.807) is 0 Å². The molecule has 1 saturated heterocycles. The van der Waals surface area contributed by atoms with E-state index in [0.717, 1.165) is 32.4 Å². The fourth-order valence-corrected chi connectivity index (χ4v) is 3.75. The molecule has 120 valence electrons. The molecule has 0 amide bonds. The van der Waals surface area contributed by atoms with Gasteiger partial charge in [0.25, 0.3) is 0 Å². The van der Waals surface area contributed by atoms with Crippen molar-refractivity contribution in [2.24, 2.45) is 11.8 Å². The van der Waals surface area contributed by atoms with Crippen LogP contribution in [0.15, 0.2) is 0 Å². The number of hydrogen-bond donors (Lipinski definition) is 0. The van der Waals surface area contributed by atoms with Crippen molar-refractivity contribution in [3.05, 3.63) is 0 Å². The lowest BCUT2D eigenvalue weighted by Crippen LogP contribution is -2.31. The Hall–Kier alpha value is -1.10. The van der Waals surface area contributed by atoms with Gasteiger partial charge in [0.2, 0.25) is 0 Å². The summed E-state index contributed by atoms with van der Waals surface area (Å²) in [6.07, 6.45) is 4.41. The average molecular weight is 297 g/mol. The summed E-state index contributed by atoms with van der Waals surface area (Å²) in [7, 11) is 0. The third-order valence-electron chi connectivity index (χ3n) is 4.74. The van der Waals surface area contributed by atoms with E-state index in [-0.39, 0.29) is 11.9 Å². The lowest BCUT2D eigenvalue weighted by atomic mass is 9.78. The van der Waals surface area contributed by atoms with Gasteiger partial charge < -0.3 is 9.47 Å². The minimum Gasteiger partial charge on any atom is -0.466 e. The van der Waals surface area contributed by atoms with Crippen molar-refractivity contribution in [1.29, 1.82) is 0 Å². The number of carbonyl (C=O) groups is 2. The average Bonchev–Trinajstić information content (AvgIpc) is 2.78. The molecule has 2 fully saturated rings. The van der Waals surface area contributed by atoms with Crippen LogP contribution in [0, 0.1) is 11.8 Å².